The lowest BCUT2D eigenvalue weighted by atomic mass is 9.78. The molecule has 0 heterocycles. The first-order chi connectivity index (χ1) is 8.46. The lowest BCUT2D eigenvalue weighted by Crippen LogP contribution is -2.41. The topological polar surface area (TPSA) is 58.2 Å². The summed E-state index contributed by atoms with van der Waals surface area (Å²) >= 11 is 0. The third-order valence-electron chi connectivity index (χ3n) is 4.17. The van der Waals surface area contributed by atoms with Gasteiger partial charge in [0.1, 0.15) is 0 Å². The summed E-state index contributed by atoms with van der Waals surface area (Å²) in [7, 11) is -3.02. The Bertz CT molecular complexity index is 330. The lowest BCUT2D eigenvalue weighted by molar-refractivity contribution is 0.207. The van der Waals surface area contributed by atoms with E-state index in [4.69, 9.17) is 0 Å². The van der Waals surface area contributed by atoms with Crippen LogP contribution in [0.3, 0.4) is 0 Å². The monoisotopic (exact) mass is 276 g/mol. The van der Waals surface area contributed by atoms with Crippen molar-refractivity contribution in [2.24, 2.45) is 11.8 Å². The Morgan fingerprint density at radius 2 is 1.89 bits per heavy atom. The smallest absolute Gasteiger partial charge is 0.211 e. The molecule has 5 heteroatoms. The van der Waals surface area contributed by atoms with Crippen LogP contribution < -0.4 is 10.0 Å². The minimum absolute atomic E-state index is 0.164. The van der Waals surface area contributed by atoms with E-state index in [0.717, 1.165) is 24.8 Å². The van der Waals surface area contributed by atoms with Crippen molar-refractivity contribution in [3.05, 3.63) is 0 Å². The fourth-order valence-corrected chi connectivity index (χ4v) is 3.24. The van der Waals surface area contributed by atoms with Gasteiger partial charge in [-0.1, -0.05) is 26.7 Å². The molecule has 0 aromatic rings. The minimum Gasteiger partial charge on any atom is -0.314 e. The summed E-state index contributed by atoms with van der Waals surface area (Å²) in [6, 6.07) is 0.608. The molecule has 3 atom stereocenters. The molecule has 18 heavy (non-hydrogen) atoms. The van der Waals surface area contributed by atoms with Gasteiger partial charge in [-0.05, 0) is 38.1 Å². The SMILES string of the molecule is CCS(=O)(=O)NCCCN[C@@H]1CCC[C@H](C)[C@@H]1C. The van der Waals surface area contributed by atoms with E-state index in [9.17, 15) is 8.42 Å². The van der Waals surface area contributed by atoms with Gasteiger partial charge in [-0.2, -0.15) is 0 Å². The van der Waals surface area contributed by atoms with E-state index in [1.165, 1.54) is 19.3 Å². The summed E-state index contributed by atoms with van der Waals surface area (Å²) in [4.78, 5) is 0. The van der Waals surface area contributed by atoms with E-state index in [0.29, 0.717) is 12.6 Å². The standard InChI is InChI=1S/C13H28N2O2S/c1-4-18(16,17)15-10-6-9-14-13-8-5-7-11(2)12(13)3/h11-15H,4-10H2,1-3H3/t11-,12-,13+/m0/s1. The second-order valence-electron chi connectivity index (χ2n) is 5.48. The van der Waals surface area contributed by atoms with Crippen LogP contribution >= 0.6 is 0 Å². The molecule has 0 bridgehead atoms. The molecule has 1 aliphatic rings. The first-order valence-electron chi connectivity index (χ1n) is 7.17. The molecular weight excluding hydrogens is 248 g/mol. The number of hydrogen-bond donors (Lipinski definition) is 2. The average Bonchev–Trinajstić information content (AvgIpc) is 2.34. The number of hydrogen-bond acceptors (Lipinski definition) is 3. The largest absolute Gasteiger partial charge is 0.314 e. The normalized spacial score (nSPS) is 29.4. The number of rotatable bonds is 7. The van der Waals surface area contributed by atoms with E-state index in [1.807, 2.05) is 0 Å². The number of sulfonamides is 1. The molecule has 1 aliphatic carbocycles. The van der Waals surface area contributed by atoms with Crippen molar-refractivity contribution in [3.8, 4) is 0 Å². The molecular formula is C13H28N2O2S. The third-order valence-corrected chi connectivity index (χ3v) is 5.57. The van der Waals surface area contributed by atoms with Crippen molar-refractivity contribution in [2.75, 3.05) is 18.8 Å². The molecule has 0 radical (unpaired) electrons. The number of nitrogens with one attached hydrogen (secondary N) is 2. The van der Waals surface area contributed by atoms with Gasteiger partial charge >= 0.3 is 0 Å². The van der Waals surface area contributed by atoms with Gasteiger partial charge in [-0.3, -0.25) is 0 Å². The minimum atomic E-state index is -3.02. The molecule has 1 rings (SSSR count). The Balaban J connectivity index is 2.14. The highest BCUT2D eigenvalue weighted by Crippen LogP contribution is 2.29. The van der Waals surface area contributed by atoms with Crippen molar-refractivity contribution in [1.82, 2.24) is 10.0 Å². The van der Waals surface area contributed by atoms with Gasteiger partial charge in [0.25, 0.3) is 0 Å². The Hall–Kier alpha value is -0.130. The second-order valence-corrected chi connectivity index (χ2v) is 7.57. The maximum atomic E-state index is 11.2. The molecule has 2 N–H and O–H groups in total. The Labute approximate surface area is 112 Å². The van der Waals surface area contributed by atoms with Crippen molar-refractivity contribution < 1.29 is 8.42 Å². The van der Waals surface area contributed by atoms with Crippen LogP contribution in [-0.4, -0.2) is 33.3 Å². The Morgan fingerprint density at radius 1 is 1.17 bits per heavy atom. The summed E-state index contributed by atoms with van der Waals surface area (Å²) in [5, 5.41) is 3.57. The third kappa shape index (κ3) is 5.24. The Kier molecular flexibility index (Phi) is 6.60. The van der Waals surface area contributed by atoms with Gasteiger partial charge < -0.3 is 5.32 Å². The van der Waals surface area contributed by atoms with E-state index in [1.54, 1.807) is 6.92 Å². The van der Waals surface area contributed by atoms with Crippen LogP contribution in [0.5, 0.6) is 0 Å². The first-order valence-corrected chi connectivity index (χ1v) is 8.82. The van der Waals surface area contributed by atoms with Gasteiger partial charge in [0.05, 0.1) is 5.75 Å². The summed E-state index contributed by atoms with van der Waals surface area (Å²) in [5.74, 6) is 1.69. The van der Waals surface area contributed by atoms with E-state index >= 15 is 0 Å². The summed E-state index contributed by atoms with van der Waals surface area (Å²) in [6.45, 7) is 7.74. The molecule has 0 amide bonds. The fourth-order valence-electron chi connectivity index (χ4n) is 2.58. The van der Waals surface area contributed by atoms with Gasteiger partial charge in [0.15, 0.2) is 0 Å². The van der Waals surface area contributed by atoms with Crippen LogP contribution in [-0.2, 0) is 10.0 Å². The average molecular weight is 276 g/mol. The molecule has 1 fully saturated rings. The molecule has 0 aliphatic heterocycles. The zero-order valence-electron chi connectivity index (χ0n) is 11.9. The summed E-state index contributed by atoms with van der Waals surface area (Å²) < 4.78 is 25.1. The molecule has 0 aromatic heterocycles. The zero-order chi connectivity index (χ0) is 13.6. The lowest BCUT2D eigenvalue weighted by Gasteiger charge is -2.34. The van der Waals surface area contributed by atoms with Gasteiger partial charge in [0.2, 0.25) is 10.0 Å². The van der Waals surface area contributed by atoms with Crippen LogP contribution in [0.25, 0.3) is 0 Å². The highest BCUT2D eigenvalue weighted by atomic mass is 32.2. The summed E-state index contributed by atoms with van der Waals surface area (Å²) in [5.41, 5.74) is 0. The maximum absolute atomic E-state index is 11.2. The molecule has 108 valence electrons. The predicted octanol–water partition coefficient (Wildman–Crippen LogP) is 1.73. The maximum Gasteiger partial charge on any atom is 0.211 e. The van der Waals surface area contributed by atoms with E-state index < -0.39 is 10.0 Å². The molecule has 0 aromatic carbocycles. The molecule has 0 saturated heterocycles. The van der Waals surface area contributed by atoms with Crippen LogP contribution in [0.15, 0.2) is 0 Å². The van der Waals surface area contributed by atoms with Gasteiger partial charge in [-0.15, -0.1) is 0 Å². The second kappa shape index (κ2) is 7.46. The van der Waals surface area contributed by atoms with E-state index in [2.05, 4.69) is 23.9 Å². The van der Waals surface area contributed by atoms with Crippen LogP contribution in [0.2, 0.25) is 0 Å². The van der Waals surface area contributed by atoms with Crippen molar-refractivity contribution in [2.45, 2.75) is 52.5 Å². The molecule has 0 spiro atoms. The molecule has 0 unspecified atom stereocenters. The quantitative estimate of drug-likeness (QED) is 0.696. The van der Waals surface area contributed by atoms with Crippen molar-refractivity contribution in [1.29, 1.82) is 0 Å². The molecule has 4 nitrogen and oxygen atoms in total. The van der Waals surface area contributed by atoms with Crippen molar-refractivity contribution in [3.63, 3.8) is 0 Å². The Morgan fingerprint density at radius 3 is 2.56 bits per heavy atom. The summed E-state index contributed by atoms with van der Waals surface area (Å²) in [6.07, 6.45) is 4.77. The zero-order valence-corrected chi connectivity index (χ0v) is 12.7. The van der Waals surface area contributed by atoms with Crippen molar-refractivity contribution >= 4 is 10.0 Å². The van der Waals surface area contributed by atoms with Crippen LogP contribution in [0, 0.1) is 11.8 Å². The van der Waals surface area contributed by atoms with E-state index in [-0.39, 0.29) is 5.75 Å². The van der Waals surface area contributed by atoms with Crippen LogP contribution in [0.4, 0.5) is 0 Å². The van der Waals surface area contributed by atoms with Gasteiger partial charge in [0, 0.05) is 12.6 Å². The predicted molar refractivity (Wildman–Crippen MR) is 76.1 cm³/mol. The fraction of sp³-hybridized carbons (Fsp3) is 1.00. The first kappa shape index (κ1) is 15.9. The molecule has 1 saturated carbocycles. The highest BCUT2D eigenvalue weighted by molar-refractivity contribution is 7.89. The highest BCUT2D eigenvalue weighted by Gasteiger charge is 2.26. The van der Waals surface area contributed by atoms with Crippen LogP contribution in [0.1, 0.15) is 46.5 Å². The van der Waals surface area contributed by atoms with Gasteiger partial charge in [-0.25, -0.2) is 13.1 Å².